The highest BCUT2D eigenvalue weighted by Crippen LogP contribution is 2.19. The van der Waals surface area contributed by atoms with Gasteiger partial charge in [-0.05, 0) is 25.2 Å². The van der Waals surface area contributed by atoms with Gasteiger partial charge in [0.15, 0.2) is 0 Å². The first-order valence-corrected chi connectivity index (χ1v) is 7.37. The number of hydrogen-bond acceptors (Lipinski definition) is 0. The lowest BCUT2D eigenvalue weighted by atomic mass is 9.94. The van der Waals surface area contributed by atoms with E-state index >= 15 is 0 Å². The van der Waals surface area contributed by atoms with Gasteiger partial charge in [-0.3, -0.25) is 0 Å². The van der Waals surface area contributed by atoms with Crippen molar-refractivity contribution in [3.05, 3.63) is 12.2 Å². The maximum atomic E-state index is 4.21. The standard InChI is InChI=1S/C16H32/c1-5-7-8-9-10-11-13-16(4)14-15(3)12-6-2/h15H,4-14H2,1-3H3. The van der Waals surface area contributed by atoms with Crippen LogP contribution < -0.4 is 0 Å². The van der Waals surface area contributed by atoms with Gasteiger partial charge in [-0.2, -0.15) is 0 Å². The Hall–Kier alpha value is -0.260. The number of hydrogen-bond donors (Lipinski definition) is 0. The molecule has 0 aromatic heterocycles. The van der Waals surface area contributed by atoms with E-state index in [-0.39, 0.29) is 0 Å². The molecule has 0 fully saturated rings. The molecule has 0 aliphatic heterocycles. The van der Waals surface area contributed by atoms with Crippen LogP contribution in [0.4, 0.5) is 0 Å². The van der Waals surface area contributed by atoms with E-state index in [0.29, 0.717) is 0 Å². The quantitative estimate of drug-likeness (QED) is 0.293. The Morgan fingerprint density at radius 2 is 1.56 bits per heavy atom. The summed E-state index contributed by atoms with van der Waals surface area (Å²) in [6.45, 7) is 11.1. The first-order valence-electron chi connectivity index (χ1n) is 7.37. The summed E-state index contributed by atoms with van der Waals surface area (Å²) in [5, 5.41) is 0. The van der Waals surface area contributed by atoms with E-state index < -0.39 is 0 Å². The summed E-state index contributed by atoms with van der Waals surface area (Å²) >= 11 is 0. The molecule has 0 aromatic carbocycles. The van der Waals surface area contributed by atoms with Gasteiger partial charge in [0.05, 0.1) is 0 Å². The SMILES string of the molecule is C=C(CCCCCCCC)CC(C)CCC. The maximum Gasteiger partial charge on any atom is -0.0297 e. The largest absolute Gasteiger partial charge is 0.0999 e. The monoisotopic (exact) mass is 224 g/mol. The zero-order chi connectivity index (χ0) is 12.2. The van der Waals surface area contributed by atoms with Gasteiger partial charge in [0.1, 0.15) is 0 Å². The molecule has 0 heterocycles. The Kier molecular flexibility index (Phi) is 11.0. The predicted octanol–water partition coefficient (Wildman–Crippen LogP) is 6.12. The number of unbranched alkanes of at least 4 members (excludes halogenated alkanes) is 5. The van der Waals surface area contributed by atoms with E-state index in [4.69, 9.17) is 0 Å². The van der Waals surface area contributed by atoms with Gasteiger partial charge in [-0.1, -0.05) is 77.9 Å². The molecule has 0 aromatic rings. The molecule has 0 nitrogen and oxygen atoms in total. The van der Waals surface area contributed by atoms with E-state index in [1.54, 1.807) is 0 Å². The molecule has 0 bridgehead atoms. The van der Waals surface area contributed by atoms with Crippen LogP contribution in [0, 0.1) is 5.92 Å². The van der Waals surface area contributed by atoms with Gasteiger partial charge in [-0.15, -0.1) is 0 Å². The van der Waals surface area contributed by atoms with Gasteiger partial charge >= 0.3 is 0 Å². The molecule has 1 unspecified atom stereocenters. The van der Waals surface area contributed by atoms with Crippen molar-refractivity contribution in [1.29, 1.82) is 0 Å². The molecule has 0 saturated heterocycles. The van der Waals surface area contributed by atoms with Crippen LogP contribution in [0.15, 0.2) is 12.2 Å². The molecule has 0 heteroatoms. The number of allylic oxidation sites excluding steroid dienone is 1. The molecule has 0 rings (SSSR count). The average Bonchev–Trinajstić information content (AvgIpc) is 2.23. The lowest BCUT2D eigenvalue weighted by Crippen LogP contribution is -1.96. The van der Waals surface area contributed by atoms with E-state index in [1.807, 2.05) is 0 Å². The second-order valence-corrected chi connectivity index (χ2v) is 5.37. The predicted molar refractivity (Wildman–Crippen MR) is 75.8 cm³/mol. The van der Waals surface area contributed by atoms with E-state index in [2.05, 4.69) is 27.4 Å². The Balaban J connectivity index is 3.30. The molecule has 16 heavy (non-hydrogen) atoms. The van der Waals surface area contributed by atoms with Crippen molar-refractivity contribution in [2.45, 2.75) is 85.0 Å². The zero-order valence-corrected chi connectivity index (χ0v) is 11.9. The molecule has 0 N–H and O–H groups in total. The van der Waals surface area contributed by atoms with Crippen LogP contribution in [0.2, 0.25) is 0 Å². The highest BCUT2D eigenvalue weighted by Gasteiger charge is 2.03. The van der Waals surface area contributed by atoms with E-state index in [9.17, 15) is 0 Å². The minimum Gasteiger partial charge on any atom is -0.0999 e. The second kappa shape index (κ2) is 11.2. The summed E-state index contributed by atoms with van der Waals surface area (Å²) in [5.41, 5.74) is 1.48. The fraction of sp³-hybridized carbons (Fsp3) is 0.875. The van der Waals surface area contributed by atoms with Crippen molar-refractivity contribution in [3.63, 3.8) is 0 Å². The lowest BCUT2D eigenvalue weighted by molar-refractivity contribution is 0.507. The van der Waals surface area contributed by atoms with Crippen LogP contribution in [0.3, 0.4) is 0 Å². The molecular weight excluding hydrogens is 192 g/mol. The van der Waals surface area contributed by atoms with Gasteiger partial charge in [-0.25, -0.2) is 0 Å². The van der Waals surface area contributed by atoms with Crippen LogP contribution in [-0.4, -0.2) is 0 Å². The molecule has 0 aliphatic carbocycles. The van der Waals surface area contributed by atoms with Crippen molar-refractivity contribution in [3.8, 4) is 0 Å². The fourth-order valence-corrected chi connectivity index (χ4v) is 2.35. The molecule has 0 spiro atoms. The molecule has 0 saturated carbocycles. The van der Waals surface area contributed by atoms with Crippen LogP contribution in [0.5, 0.6) is 0 Å². The fourth-order valence-electron chi connectivity index (χ4n) is 2.35. The van der Waals surface area contributed by atoms with Crippen LogP contribution in [-0.2, 0) is 0 Å². The first kappa shape index (κ1) is 15.7. The first-order chi connectivity index (χ1) is 7.70. The molecule has 1 atom stereocenters. The molecule has 0 aliphatic rings. The Morgan fingerprint density at radius 3 is 2.19 bits per heavy atom. The summed E-state index contributed by atoms with van der Waals surface area (Å²) in [7, 11) is 0. The van der Waals surface area contributed by atoms with Crippen molar-refractivity contribution in [2.24, 2.45) is 5.92 Å². The van der Waals surface area contributed by atoms with Crippen molar-refractivity contribution >= 4 is 0 Å². The Labute approximate surface area is 104 Å². The molecule has 0 amide bonds. The lowest BCUT2D eigenvalue weighted by Gasteiger charge is -2.12. The van der Waals surface area contributed by atoms with E-state index in [0.717, 1.165) is 5.92 Å². The van der Waals surface area contributed by atoms with Gasteiger partial charge in [0.25, 0.3) is 0 Å². The Morgan fingerprint density at radius 1 is 0.938 bits per heavy atom. The summed E-state index contributed by atoms with van der Waals surface area (Å²) in [5.74, 6) is 0.845. The van der Waals surface area contributed by atoms with Crippen LogP contribution in [0.25, 0.3) is 0 Å². The minimum atomic E-state index is 0.845. The van der Waals surface area contributed by atoms with Crippen molar-refractivity contribution in [1.82, 2.24) is 0 Å². The van der Waals surface area contributed by atoms with E-state index in [1.165, 1.54) is 69.8 Å². The smallest absolute Gasteiger partial charge is 0.0297 e. The molecular formula is C16H32. The third-order valence-electron chi connectivity index (χ3n) is 3.30. The third kappa shape index (κ3) is 10.3. The average molecular weight is 224 g/mol. The van der Waals surface area contributed by atoms with Gasteiger partial charge < -0.3 is 0 Å². The van der Waals surface area contributed by atoms with Crippen molar-refractivity contribution in [2.75, 3.05) is 0 Å². The van der Waals surface area contributed by atoms with Crippen molar-refractivity contribution < 1.29 is 0 Å². The minimum absolute atomic E-state index is 0.845. The third-order valence-corrected chi connectivity index (χ3v) is 3.30. The maximum absolute atomic E-state index is 4.21. The summed E-state index contributed by atoms with van der Waals surface area (Å²) in [4.78, 5) is 0. The second-order valence-electron chi connectivity index (χ2n) is 5.37. The topological polar surface area (TPSA) is 0 Å². The summed E-state index contributed by atoms with van der Waals surface area (Å²) < 4.78 is 0. The van der Waals surface area contributed by atoms with Gasteiger partial charge in [0.2, 0.25) is 0 Å². The van der Waals surface area contributed by atoms with Crippen LogP contribution >= 0.6 is 0 Å². The zero-order valence-electron chi connectivity index (χ0n) is 11.9. The normalized spacial score (nSPS) is 12.7. The Bertz CT molecular complexity index is 157. The molecule has 96 valence electrons. The molecule has 0 radical (unpaired) electrons. The highest BCUT2D eigenvalue weighted by molar-refractivity contribution is 4.94. The number of rotatable bonds is 11. The van der Waals surface area contributed by atoms with Crippen LogP contribution in [0.1, 0.15) is 85.0 Å². The summed E-state index contributed by atoms with van der Waals surface area (Å²) in [6.07, 6.45) is 13.6. The highest BCUT2D eigenvalue weighted by atomic mass is 14.1. The van der Waals surface area contributed by atoms with Gasteiger partial charge in [0, 0.05) is 0 Å². The summed E-state index contributed by atoms with van der Waals surface area (Å²) in [6, 6.07) is 0.